The molecule has 2 heterocycles. The Kier molecular flexibility index (Phi) is 6.08. The molecular weight excluding hydrogens is 332 g/mol. The van der Waals surface area contributed by atoms with Crippen LogP contribution in [0.3, 0.4) is 0 Å². The lowest BCUT2D eigenvalue weighted by atomic mass is 9.95. The number of likely N-dealkylation sites (tertiary alicyclic amines) is 1. The number of rotatable bonds is 6. The first-order valence-electron chi connectivity index (χ1n) is 9.60. The molecule has 0 aromatic heterocycles. The highest BCUT2D eigenvalue weighted by Crippen LogP contribution is 2.31. The average Bonchev–Trinajstić information content (AvgIpc) is 3.13. The van der Waals surface area contributed by atoms with Crippen LogP contribution in [-0.4, -0.2) is 54.5 Å². The van der Waals surface area contributed by atoms with Crippen molar-refractivity contribution in [3.63, 3.8) is 0 Å². The number of piperidine rings is 1. The summed E-state index contributed by atoms with van der Waals surface area (Å²) in [5, 5.41) is 14.3. The summed E-state index contributed by atoms with van der Waals surface area (Å²) < 4.78 is 0. The standard InChI is InChI=1S/C19H28N4O3/c1-2-21-11-5-6-16(21)14-20-19(24)15-9-12-22(13-10-15)17-7-3-4-8-18(17)23(25)26/h3-4,7-8,15-16H,2,5-6,9-14H2,1H3,(H,20,24). The van der Waals surface area contributed by atoms with Crippen LogP contribution < -0.4 is 10.2 Å². The zero-order chi connectivity index (χ0) is 18.5. The second-order valence-electron chi connectivity index (χ2n) is 7.18. The summed E-state index contributed by atoms with van der Waals surface area (Å²) in [6, 6.07) is 7.30. The molecule has 142 valence electrons. The van der Waals surface area contributed by atoms with Gasteiger partial charge < -0.3 is 10.2 Å². The van der Waals surface area contributed by atoms with Crippen molar-refractivity contribution in [2.45, 2.75) is 38.6 Å². The molecule has 0 radical (unpaired) electrons. The summed E-state index contributed by atoms with van der Waals surface area (Å²) in [5.74, 6) is 0.140. The molecule has 2 aliphatic rings. The number of nitro groups is 1. The van der Waals surface area contributed by atoms with Crippen molar-refractivity contribution >= 4 is 17.3 Å². The highest BCUT2D eigenvalue weighted by molar-refractivity contribution is 5.79. The van der Waals surface area contributed by atoms with Gasteiger partial charge in [0.1, 0.15) is 5.69 Å². The molecule has 2 saturated heterocycles. The molecule has 2 aliphatic heterocycles. The lowest BCUT2D eigenvalue weighted by molar-refractivity contribution is -0.384. The number of nitro benzene ring substituents is 1. The molecule has 0 bridgehead atoms. The van der Waals surface area contributed by atoms with Gasteiger partial charge >= 0.3 is 0 Å². The monoisotopic (exact) mass is 360 g/mol. The van der Waals surface area contributed by atoms with E-state index in [1.54, 1.807) is 12.1 Å². The van der Waals surface area contributed by atoms with Crippen LogP contribution in [0.15, 0.2) is 24.3 Å². The van der Waals surface area contributed by atoms with Crippen molar-refractivity contribution in [2.75, 3.05) is 37.6 Å². The van der Waals surface area contributed by atoms with Crippen molar-refractivity contribution in [1.29, 1.82) is 0 Å². The number of nitrogens with one attached hydrogen (secondary N) is 1. The fourth-order valence-electron chi connectivity index (χ4n) is 4.17. The first-order chi connectivity index (χ1) is 12.6. The zero-order valence-electron chi connectivity index (χ0n) is 15.4. The van der Waals surface area contributed by atoms with Gasteiger partial charge in [-0.15, -0.1) is 0 Å². The van der Waals surface area contributed by atoms with E-state index in [4.69, 9.17) is 0 Å². The Morgan fingerprint density at radius 1 is 1.23 bits per heavy atom. The van der Waals surface area contributed by atoms with E-state index < -0.39 is 0 Å². The van der Waals surface area contributed by atoms with Crippen LogP contribution in [-0.2, 0) is 4.79 Å². The Morgan fingerprint density at radius 3 is 2.65 bits per heavy atom. The topological polar surface area (TPSA) is 78.7 Å². The predicted molar refractivity (Wildman–Crippen MR) is 101 cm³/mol. The molecule has 3 rings (SSSR count). The van der Waals surface area contributed by atoms with Gasteiger partial charge in [-0.3, -0.25) is 19.8 Å². The summed E-state index contributed by atoms with van der Waals surface area (Å²) in [4.78, 5) is 27.8. The normalized spacial score (nSPS) is 21.7. The molecular formula is C19H28N4O3. The molecule has 0 aliphatic carbocycles. The summed E-state index contributed by atoms with van der Waals surface area (Å²) in [6.45, 7) is 6.41. The minimum Gasteiger partial charge on any atom is -0.366 e. The second-order valence-corrected chi connectivity index (χ2v) is 7.18. The Labute approximate surface area is 154 Å². The molecule has 1 aromatic carbocycles. The predicted octanol–water partition coefficient (Wildman–Crippen LogP) is 2.41. The van der Waals surface area contributed by atoms with Crippen LogP contribution in [0, 0.1) is 16.0 Å². The van der Waals surface area contributed by atoms with E-state index in [9.17, 15) is 14.9 Å². The number of hydrogen-bond donors (Lipinski definition) is 1. The minimum atomic E-state index is -0.338. The second kappa shape index (κ2) is 8.49. The van der Waals surface area contributed by atoms with Crippen LogP contribution in [0.4, 0.5) is 11.4 Å². The number of benzene rings is 1. The average molecular weight is 360 g/mol. The number of nitrogens with zero attached hydrogens (tertiary/aromatic N) is 3. The van der Waals surface area contributed by atoms with Crippen molar-refractivity contribution in [3.8, 4) is 0 Å². The fourth-order valence-corrected chi connectivity index (χ4v) is 4.17. The van der Waals surface area contributed by atoms with Crippen molar-refractivity contribution in [3.05, 3.63) is 34.4 Å². The van der Waals surface area contributed by atoms with Gasteiger partial charge in [-0.1, -0.05) is 19.1 Å². The number of para-hydroxylation sites is 2. The highest BCUT2D eigenvalue weighted by Gasteiger charge is 2.29. The van der Waals surface area contributed by atoms with Crippen LogP contribution in [0.2, 0.25) is 0 Å². The van der Waals surface area contributed by atoms with Gasteiger partial charge in [0.05, 0.1) is 4.92 Å². The lowest BCUT2D eigenvalue weighted by Gasteiger charge is -2.33. The highest BCUT2D eigenvalue weighted by atomic mass is 16.6. The molecule has 0 spiro atoms. The molecule has 1 N–H and O–H groups in total. The molecule has 1 atom stereocenters. The number of likely N-dealkylation sites (N-methyl/N-ethyl adjacent to an activating group) is 1. The quantitative estimate of drug-likeness (QED) is 0.623. The number of carbonyl (C=O) groups is 1. The van der Waals surface area contributed by atoms with E-state index in [1.165, 1.54) is 12.5 Å². The summed E-state index contributed by atoms with van der Waals surface area (Å²) in [6.07, 6.45) is 3.84. The van der Waals surface area contributed by atoms with E-state index >= 15 is 0 Å². The lowest BCUT2D eigenvalue weighted by Crippen LogP contribution is -2.45. The first-order valence-corrected chi connectivity index (χ1v) is 9.60. The SMILES string of the molecule is CCN1CCCC1CNC(=O)C1CCN(c2ccccc2[N+](=O)[O-])CC1. The van der Waals surface area contributed by atoms with Gasteiger partial charge in [-0.05, 0) is 44.8 Å². The van der Waals surface area contributed by atoms with Gasteiger partial charge in [0.2, 0.25) is 5.91 Å². The van der Waals surface area contributed by atoms with E-state index in [-0.39, 0.29) is 22.4 Å². The Bertz CT molecular complexity index is 643. The third-order valence-corrected chi connectivity index (χ3v) is 5.70. The van der Waals surface area contributed by atoms with Gasteiger partial charge in [0.15, 0.2) is 0 Å². The molecule has 7 nitrogen and oxygen atoms in total. The number of hydrogen-bond acceptors (Lipinski definition) is 5. The molecule has 7 heteroatoms. The van der Waals surface area contributed by atoms with Gasteiger partial charge in [-0.2, -0.15) is 0 Å². The van der Waals surface area contributed by atoms with E-state index in [0.717, 1.165) is 38.9 Å². The van der Waals surface area contributed by atoms with Crippen LogP contribution >= 0.6 is 0 Å². The number of amides is 1. The number of anilines is 1. The molecule has 26 heavy (non-hydrogen) atoms. The van der Waals surface area contributed by atoms with E-state index in [0.29, 0.717) is 24.8 Å². The zero-order valence-corrected chi connectivity index (χ0v) is 15.4. The van der Waals surface area contributed by atoms with Gasteiger partial charge in [0, 0.05) is 37.7 Å². The third-order valence-electron chi connectivity index (χ3n) is 5.70. The fraction of sp³-hybridized carbons (Fsp3) is 0.632. The Hall–Kier alpha value is -2.15. The minimum absolute atomic E-state index is 0.00509. The van der Waals surface area contributed by atoms with E-state index in [1.807, 2.05) is 11.0 Å². The smallest absolute Gasteiger partial charge is 0.292 e. The first kappa shape index (κ1) is 18.6. The molecule has 1 aromatic rings. The van der Waals surface area contributed by atoms with Crippen LogP contribution in [0.5, 0.6) is 0 Å². The molecule has 1 unspecified atom stereocenters. The van der Waals surface area contributed by atoms with Crippen molar-refractivity contribution in [1.82, 2.24) is 10.2 Å². The van der Waals surface area contributed by atoms with Crippen LogP contribution in [0.1, 0.15) is 32.6 Å². The maximum atomic E-state index is 12.5. The third kappa shape index (κ3) is 4.15. The summed E-state index contributed by atoms with van der Waals surface area (Å²) in [5.41, 5.74) is 0.789. The van der Waals surface area contributed by atoms with Gasteiger partial charge in [-0.25, -0.2) is 0 Å². The Morgan fingerprint density at radius 2 is 1.96 bits per heavy atom. The van der Waals surface area contributed by atoms with Crippen molar-refractivity contribution < 1.29 is 9.72 Å². The maximum absolute atomic E-state index is 12.5. The molecule has 2 fully saturated rings. The van der Waals surface area contributed by atoms with E-state index in [2.05, 4.69) is 17.1 Å². The number of carbonyl (C=O) groups excluding carboxylic acids is 1. The molecule has 1 amide bonds. The summed E-state index contributed by atoms with van der Waals surface area (Å²) in [7, 11) is 0. The van der Waals surface area contributed by atoms with Crippen molar-refractivity contribution in [2.24, 2.45) is 5.92 Å². The van der Waals surface area contributed by atoms with Gasteiger partial charge in [0.25, 0.3) is 5.69 Å². The largest absolute Gasteiger partial charge is 0.366 e. The maximum Gasteiger partial charge on any atom is 0.292 e. The molecule has 0 saturated carbocycles. The van der Waals surface area contributed by atoms with Crippen LogP contribution in [0.25, 0.3) is 0 Å². The Balaban J connectivity index is 1.50. The summed E-state index contributed by atoms with van der Waals surface area (Å²) >= 11 is 0.